The minimum absolute atomic E-state index is 0.000403. The van der Waals surface area contributed by atoms with Gasteiger partial charge in [0.2, 0.25) is 5.43 Å². The maximum atomic E-state index is 13.1. The molecule has 0 spiro atoms. The molecule has 3 aromatic rings. The number of benzene rings is 2. The highest BCUT2D eigenvalue weighted by Gasteiger charge is 2.24. The highest BCUT2D eigenvalue weighted by Crippen LogP contribution is 2.34. The summed E-state index contributed by atoms with van der Waals surface area (Å²) in [5.74, 6) is 1.05. The molecule has 1 atom stereocenters. The van der Waals surface area contributed by atoms with Crippen LogP contribution in [-0.4, -0.2) is 30.8 Å². The first-order chi connectivity index (χ1) is 13.9. The molecule has 1 amide bonds. The molecule has 0 radical (unpaired) electrons. The van der Waals surface area contributed by atoms with Crippen LogP contribution in [-0.2, 0) is 6.54 Å². The van der Waals surface area contributed by atoms with Crippen molar-refractivity contribution in [2.75, 3.05) is 19.5 Å². The third-order valence-electron chi connectivity index (χ3n) is 4.80. The van der Waals surface area contributed by atoms with Crippen LogP contribution in [0, 0.1) is 0 Å². The lowest BCUT2D eigenvalue weighted by molar-refractivity contribution is 0.102. The maximum absolute atomic E-state index is 13.1. The number of rotatable bonds is 4. The predicted molar refractivity (Wildman–Crippen MR) is 111 cm³/mol. The quantitative estimate of drug-likeness (QED) is 0.704. The summed E-state index contributed by atoms with van der Waals surface area (Å²) in [7, 11) is 3.03. The molecule has 0 fully saturated rings. The first kappa shape index (κ1) is 19.1. The number of nitrogens with zero attached hydrogens (tertiary/aromatic N) is 1. The second kappa shape index (κ2) is 7.33. The number of aromatic nitrogens is 1. The molecule has 1 aliphatic rings. The molecule has 0 aliphatic carbocycles. The van der Waals surface area contributed by atoms with Crippen LogP contribution in [0.15, 0.2) is 41.3 Å². The third-order valence-corrected chi connectivity index (χ3v) is 5.12. The number of pyridine rings is 1. The molecule has 8 heteroatoms. The van der Waals surface area contributed by atoms with E-state index in [9.17, 15) is 9.59 Å². The molecule has 0 bridgehead atoms. The number of hydrogen-bond acceptors (Lipinski definition) is 5. The zero-order valence-corrected chi connectivity index (χ0v) is 16.9. The number of carbonyl (C=O) groups excluding carboxylic acids is 1. The second-order valence-electron chi connectivity index (χ2n) is 6.75. The largest absolute Gasteiger partial charge is 0.493 e. The standard InChI is InChI=1S/C21H19ClN2O5/c1-11-9-24-10-13(20(25)18-14(22)5-7-16(29-11)19(18)24)21(26)23-12-4-6-15(27-2)17(8-12)28-3/h4-8,10-11H,9H2,1-3H3,(H,23,26)/t11-/m0/s1. The van der Waals surface area contributed by atoms with Gasteiger partial charge in [0.25, 0.3) is 5.91 Å². The van der Waals surface area contributed by atoms with E-state index in [1.807, 2.05) is 11.5 Å². The summed E-state index contributed by atoms with van der Waals surface area (Å²) in [6.07, 6.45) is 1.45. The van der Waals surface area contributed by atoms with E-state index in [4.69, 9.17) is 25.8 Å². The van der Waals surface area contributed by atoms with Gasteiger partial charge in [0.05, 0.1) is 36.7 Å². The van der Waals surface area contributed by atoms with E-state index in [0.29, 0.717) is 35.0 Å². The van der Waals surface area contributed by atoms with Crippen molar-refractivity contribution in [3.63, 3.8) is 0 Å². The molecule has 0 unspecified atom stereocenters. The topological polar surface area (TPSA) is 78.8 Å². The van der Waals surface area contributed by atoms with Crippen LogP contribution in [0.4, 0.5) is 5.69 Å². The molecule has 150 valence electrons. The monoisotopic (exact) mass is 414 g/mol. The van der Waals surface area contributed by atoms with E-state index in [0.717, 1.165) is 0 Å². The van der Waals surface area contributed by atoms with Crippen LogP contribution in [0.5, 0.6) is 17.2 Å². The Kier molecular flexibility index (Phi) is 4.84. The van der Waals surface area contributed by atoms with Gasteiger partial charge in [0.15, 0.2) is 11.5 Å². The van der Waals surface area contributed by atoms with Crippen molar-refractivity contribution >= 4 is 34.1 Å². The average Bonchev–Trinajstić information content (AvgIpc) is 2.71. The van der Waals surface area contributed by atoms with Gasteiger partial charge in [-0.2, -0.15) is 0 Å². The number of nitrogens with one attached hydrogen (secondary N) is 1. The summed E-state index contributed by atoms with van der Waals surface area (Å²) in [5.41, 5.74) is 0.630. The number of halogens is 1. The zero-order chi connectivity index (χ0) is 20.7. The molecule has 1 aromatic heterocycles. The number of methoxy groups -OCH3 is 2. The summed E-state index contributed by atoms with van der Waals surface area (Å²) in [6, 6.07) is 8.32. The third kappa shape index (κ3) is 3.27. The van der Waals surface area contributed by atoms with Gasteiger partial charge in [0.1, 0.15) is 17.4 Å². The maximum Gasteiger partial charge on any atom is 0.261 e. The van der Waals surface area contributed by atoms with E-state index in [2.05, 4.69) is 5.32 Å². The second-order valence-corrected chi connectivity index (χ2v) is 7.15. The minimum atomic E-state index is -0.534. The summed E-state index contributed by atoms with van der Waals surface area (Å²) in [6.45, 7) is 2.42. The first-order valence-electron chi connectivity index (χ1n) is 8.98. The van der Waals surface area contributed by atoms with Gasteiger partial charge in [0, 0.05) is 18.0 Å². The Morgan fingerprint density at radius 1 is 1.21 bits per heavy atom. The lowest BCUT2D eigenvalue weighted by Crippen LogP contribution is -2.30. The molecule has 29 heavy (non-hydrogen) atoms. The Morgan fingerprint density at radius 2 is 1.97 bits per heavy atom. The molecule has 2 aromatic carbocycles. The Balaban J connectivity index is 1.79. The van der Waals surface area contributed by atoms with Gasteiger partial charge >= 0.3 is 0 Å². The molecular weight excluding hydrogens is 396 g/mol. The van der Waals surface area contributed by atoms with Gasteiger partial charge in [-0.25, -0.2) is 0 Å². The molecule has 7 nitrogen and oxygen atoms in total. The Bertz CT molecular complexity index is 1190. The smallest absolute Gasteiger partial charge is 0.261 e. The molecule has 0 saturated heterocycles. The van der Waals surface area contributed by atoms with Crippen LogP contribution in [0.1, 0.15) is 17.3 Å². The van der Waals surface area contributed by atoms with E-state index in [-0.39, 0.29) is 22.1 Å². The molecule has 2 heterocycles. The molecule has 4 rings (SSSR count). The van der Waals surface area contributed by atoms with E-state index < -0.39 is 11.3 Å². The number of amides is 1. The molecule has 0 saturated carbocycles. The molecule has 1 aliphatic heterocycles. The highest BCUT2D eigenvalue weighted by molar-refractivity contribution is 6.35. The fourth-order valence-electron chi connectivity index (χ4n) is 3.51. The Morgan fingerprint density at radius 3 is 2.69 bits per heavy atom. The summed E-state index contributed by atoms with van der Waals surface area (Å²) in [5, 5.41) is 3.30. The lowest BCUT2D eigenvalue weighted by atomic mass is 10.1. The van der Waals surface area contributed by atoms with Crippen molar-refractivity contribution in [2.24, 2.45) is 0 Å². The molecular formula is C21H19ClN2O5. The van der Waals surface area contributed by atoms with E-state index in [1.54, 1.807) is 36.5 Å². The first-order valence-corrected chi connectivity index (χ1v) is 9.36. The Labute approximate surface area is 171 Å². The van der Waals surface area contributed by atoms with Crippen molar-refractivity contribution < 1.29 is 19.0 Å². The van der Waals surface area contributed by atoms with Gasteiger partial charge in [-0.15, -0.1) is 0 Å². The van der Waals surface area contributed by atoms with Crippen LogP contribution in [0.25, 0.3) is 10.9 Å². The van der Waals surface area contributed by atoms with E-state index in [1.165, 1.54) is 14.2 Å². The summed E-state index contributed by atoms with van der Waals surface area (Å²) < 4.78 is 18.1. The van der Waals surface area contributed by atoms with Gasteiger partial charge < -0.3 is 24.1 Å². The number of hydrogen-bond donors (Lipinski definition) is 1. The van der Waals surface area contributed by atoms with E-state index >= 15 is 0 Å². The number of anilines is 1. The van der Waals surface area contributed by atoms with Crippen molar-refractivity contribution in [1.29, 1.82) is 0 Å². The van der Waals surface area contributed by atoms with Crippen LogP contribution >= 0.6 is 11.6 Å². The van der Waals surface area contributed by atoms with Gasteiger partial charge in [-0.05, 0) is 31.2 Å². The lowest BCUT2D eigenvalue weighted by Gasteiger charge is -2.26. The van der Waals surface area contributed by atoms with Gasteiger partial charge in [-0.3, -0.25) is 9.59 Å². The van der Waals surface area contributed by atoms with Crippen LogP contribution in [0.3, 0.4) is 0 Å². The van der Waals surface area contributed by atoms with Crippen molar-refractivity contribution in [1.82, 2.24) is 4.57 Å². The minimum Gasteiger partial charge on any atom is -0.493 e. The summed E-state index contributed by atoms with van der Waals surface area (Å²) in [4.78, 5) is 26.0. The average molecular weight is 415 g/mol. The number of ether oxygens (including phenoxy) is 3. The normalized spacial score (nSPS) is 15.0. The van der Waals surface area contributed by atoms with Gasteiger partial charge in [-0.1, -0.05) is 11.6 Å². The summed E-state index contributed by atoms with van der Waals surface area (Å²) >= 11 is 6.30. The predicted octanol–water partition coefficient (Wildman–Crippen LogP) is 3.71. The fraction of sp³-hybridized carbons (Fsp3) is 0.238. The molecule has 1 N–H and O–H groups in total. The van der Waals surface area contributed by atoms with Crippen LogP contribution in [0.2, 0.25) is 5.02 Å². The fourth-order valence-corrected chi connectivity index (χ4v) is 3.74. The SMILES string of the molecule is COc1ccc(NC(=O)c2cn3c4c(ccc(Cl)c4c2=O)O[C@@H](C)C3)cc1OC. The zero-order valence-electron chi connectivity index (χ0n) is 16.1. The van der Waals surface area contributed by atoms with Crippen LogP contribution < -0.4 is 25.0 Å². The highest BCUT2D eigenvalue weighted by atomic mass is 35.5. The Hall–Kier alpha value is -3.19. The number of carbonyl (C=O) groups is 1. The van der Waals surface area contributed by atoms with Crippen molar-refractivity contribution in [3.8, 4) is 17.2 Å². The van der Waals surface area contributed by atoms with Crippen molar-refractivity contribution in [3.05, 3.63) is 57.3 Å². The van der Waals surface area contributed by atoms with Crippen molar-refractivity contribution in [2.45, 2.75) is 19.6 Å².